The first-order valence-corrected chi connectivity index (χ1v) is 3.61. The summed E-state index contributed by atoms with van der Waals surface area (Å²) in [5, 5.41) is 6.90. The Morgan fingerprint density at radius 3 is 3.00 bits per heavy atom. The molecule has 0 saturated heterocycles. The van der Waals surface area contributed by atoms with Gasteiger partial charge in [0.25, 0.3) is 0 Å². The van der Waals surface area contributed by atoms with Crippen LogP contribution in [-0.2, 0) is 6.42 Å². The highest BCUT2D eigenvalue weighted by Gasteiger charge is 2.22. The molecule has 1 aliphatic carbocycles. The number of halogens is 1. The number of nitrogen functional groups attached to an aromatic ring is 1. The maximum atomic E-state index is 5.61. The van der Waals surface area contributed by atoms with Crippen LogP contribution in [0.1, 0.15) is 30.5 Å². The third kappa shape index (κ3) is 1.09. The van der Waals surface area contributed by atoms with Gasteiger partial charge in [-0.05, 0) is 18.8 Å². The normalized spacial score (nSPS) is 21.0. The van der Waals surface area contributed by atoms with Gasteiger partial charge >= 0.3 is 0 Å². The lowest BCUT2D eigenvalue weighted by Crippen LogP contribution is -1.89. The average Bonchev–Trinajstić information content (AvgIpc) is 2.41. The molecule has 11 heavy (non-hydrogen) atoms. The molecule has 1 aliphatic rings. The first-order chi connectivity index (χ1) is 4.79. The van der Waals surface area contributed by atoms with Crippen molar-refractivity contribution in [3.8, 4) is 0 Å². The molecule has 2 rings (SSSR count). The monoisotopic (exact) mass is 173 g/mol. The Hall–Kier alpha value is -0.700. The zero-order valence-corrected chi connectivity index (χ0v) is 7.24. The van der Waals surface area contributed by atoms with E-state index in [1.54, 1.807) is 0 Å². The smallest absolute Gasteiger partial charge is 0.148 e. The van der Waals surface area contributed by atoms with Gasteiger partial charge < -0.3 is 5.73 Å². The molecule has 0 spiro atoms. The van der Waals surface area contributed by atoms with Gasteiger partial charge in [0.1, 0.15) is 5.82 Å². The molecule has 0 aliphatic heterocycles. The minimum atomic E-state index is 0. The molecule has 0 bridgehead atoms. The number of H-pyrrole nitrogens is 1. The molecular formula is C7H12ClN3. The lowest BCUT2D eigenvalue weighted by atomic mass is 10.1. The van der Waals surface area contributed by atoms with E-state index in [9.17, 15) is 0 Å². The summed E-state index contributed by atoms with van der Waals surface area (Å²) in [6, 6.07) is 0. The van der Waals surface area contributed by atoms with Crippen LogP contribution in [0.15, 0.2) is 0 Å². The van der Waals surface area contributed by atoms with Crippen molar-refractivity contribution in [3.05, 3.63) is 11.3 Å². The van der Waals surface area contributed by atoms with E-state index >= 15 is 0 Å². The average molecular weight is 174 g/mol. The van der Waals surface area contributed by atoms with Gasteiger partial charge in [0.05, 0.1) is 0 Å². The van der Waals surface area contributed by atoms with Crippen LogP contribution in [0.5, 0.6) is 0 Å². The Balaban J connectivity index is 0.000000605. The van der Waals surface area contributed by atoms with Crippen molar-refractivity contribution in [1.29, 1.82) is 0 Å². The van der Waals surface area contributed by atoms with Crippen LogP contribution in [0.4, 0.5) is 5.82 Å². The molecule has 1 unspecified atom stereocenters. The molecule has 1 aromatic heterocycles. The Kier molecular flexibility index (Phi) is 2.09. The molecular weight excluding hydrogens is 162 g/mol. The van der Waals surface area contributed by atoms with Crippen LogP contribution in [0.3, 0.4) is 0 Å². The molecule has 0 fully saturated rings. The van der Waals surface area contributed by atoms with Crippen molar-refractivity contribution in [3.63, 3.8) is 0 Å². The molecule has 62 valence electrons. The highest BCUT2D eigenvalue weighted by molar-refractivity contribution is 5.85. The van der Waals surface area contributed by atoms with E-state index in [0.29, 0.717) is 11.7 Å². The summed E-state index contributed by atoms with van der Waals surface area (Å²) in [6.45, 7) is 2.20. The Morgan fingerprint density at radius 2 is 2.36 bits per heavy atom. The summed E-state index contributed by atoms with van der Waals surface area (Å²) in [4.78, 5) is 0. The van der Waals surface area contributed by atoms with Crippen LogP contribution in [0.25, 0.3) is 0 Å². The summed E-state index contributed by atoms with van der Waals surface area (Å²) in [5.74, 6) is 1.32. The fourth-order valence-corrected chi connectivity index (χ4v) is 1.57. The fourth-order valence-electron chi connectivity index (χ4n) is 1.57. The fraction of sp³-hybridized carbons (Fsp3) is 0.571. The van der Waals surface area contributed by atoms with Crippen molar-refractivity contribution < 1.29 is 0 Å². The van der Waals surface area contributed by atoms with Gasteiger partial charge in [0.2, 0.25) is 0 Å². The molecule has 0 saturated carbocycles. The van der Waals surface area contributed by atoms with E-state index in [2.05, 4.69) is 17.1 Å². The number of fused-ring (bicyclic) bond motifs is 1. The number of aromatic nitrogens is 2. The van der Waals surface area contributed by atoms with E-state index in [4.69, 9.17) is 5.73 Å². The van der Waals surface area contributed by atoms with Gasteiger partial charge in [-0.15, -0.1) is 12.4 Å². The summed E-state index contributed by atoms with van der Waals surface area (Å²) < 4.78 is 0. The topological polar surface area (TPSA) is 54.7 Å². The minimum absolute atomic E-state index is 0. The number of nitrogens with zero attached hydrogens (tertiary/aromatic N) is 1. The largest absolute Gasteiger partial charge is 0.382 e. The third-order valence-electron chi connectivity index (χ3n) is 2.25. The number of aromatic amines is 1. The van der Waals surface area contributed by atoms with Crippen LogP contribution < -0.4 is 5.73 Å². The Bertz CT molecular complexity index is 256. The van der Waals surface area contributed by atoms with Crippen LogP contribution in [0, 0.1) is 0 Å². The molecule has 1 aromatic rings. The van der Waals surface area contributed by atoms with Gasteiger partial charge in [-0.2, -0.15) is 5.10 Å². The van der Waals surface area contributed by atoms with Gasteiger partial charge in [-0.3, -0.25) is 5.10 Å². The maximum Gasteiger partial charge on any atom is 0.148 e. The molecule has 1 atom stereocenters. The molecule has 3 N–H and O–H groups in total. The van der Waals surface area contributed by atoms with Crippen molar-refractivity contribution in [1.82, 2.24) is 10.2 Å². The van der Waals surface area contributed by atoms with Crippen molar-refractivity contribution in [2.45, 2.75) is 25.7 Å². The Labute approximate surface area is 71.8 Å². The summed E-state index contributed by atoms with van der Waals surface area (Å²) in [6.07, 6.45) is 2.31. The summed E-state index contributed by atoms with van der Waals surface area (Å²) in [7, 11) is 0. The SMILES string of the molecule is CC1CCc2c(N)n[nH]c21.Cl. The predicted octanol–water partition coefficient (Wildman–Crippen LogP) is 1.46. The van der Waals surface area contributed by atoms with E-state index in [1.807, 2.05) is 0 Å². The number of nitrogens with one attached hydrogen (secondary N) is 1. The van der Waals surface area contributed by atoms with Gasteiger partial charge in [-0.1, -0.05) is 6.92 Å². The van der Waals surface area contributed by atoms with Crippen molar-refractivity contribution >= 4 is 18.2 Å². The second-order valence-corrected chi connectivity index (χ2v) is 2.94. The quantitative estimate of drug-likeness (QED) is 0.624. The van der Waals surface area contributed by atoms with Crippen molar-refractivity contribution in [2.75, 3.05) is 5.73 Å². The summed E-state index contributed by atoms with van der Waals surface area (Å²) in [5.41, 5.74) is 8.10. The van der Waals surface area contributed by atoms with Crippen molar-refractivity contribution in [2.24, 2.45) is 0 Å². The zero-order chi connectivity index (χ0) is 7.14. The van der Waals surface area contributed by atoms with E-state index in [0.717, 1.165) is 6.42 Å². The molecule has 3 nitrogen and oxygen atoms in total. The number of nitrogens with two attached hydrogens (primary N) is 1. The molecule has 0 amide bonds. The van der Waals surface area contributed by atoms with Gasteiger partial charge in [-0.25, -0.2) is 0 Å². The molecule has 0 aromatic carbocycles. The number of rotatable bonds is 0. The number of hydrogen-bond donors (Lipinski definition) is 2. The molecule has 4 heteroatoms. The highest BCUT2D eigenvalue weighted by Crippen LogP contribution is 2.33. The number of hydrogen-bond acceptors (Lipinski definition) is 2. The van der Waals surface area contributed by atoms with E-state index in [-0.39, 0.29) is 12.4 Å². The molecule has 0 radical (unpaired) electrons. The minimum Gasteiger partial charge on any atom is -0.382 e. The van der Waals surface area contributed by atoms with E-state index in [1.165, 1.54) is 17.7 Å². The highest BCUT2D eigenvalue weighted by atomic mass is 35.5. The molecule has 1 heterocycles. The van der Waals surface area contributed by atoms with Gasteiger partial charge in [0.15, 0.2) is 0 Å². The standard InChI is InChI=1S/C7H11N3.ClH/c1-4-2-3-5-6(4)9-10-7(5)8;/h4H,2-3H2,1H3,(H3,8,9,10);1H. The second-order valence-electron chi connectivity index (χ2n) is 2.94. The van der Waals surface area contributed by atoms with E-state index < -0.39 is 0 Å². The second kappa shape index (κ2) is 2.74. The van der Waals surface area contributed by atoms with Crippen LogP contribution >= 0.6 is 12.4 Å². The lowest BCUT2D eigenvalue weighted by Gasteiger charge is -1.95. The first-order valence-electron chi connectivity index (χ1n) is 3.61. The van der Waals surface area contributed by atoms with Crippen LogP contribution in [-0.4, -0.2) is 10.2 Å². The predicted molar refractivity (Wildman–Crippen MR) is 47.0 cm³/mol. The maximum absolute atomic E-state index is 5.61. The van der Waals surface area contributed by atoms with Crippen LogP contribution in [0.2, 0.25) is 0 Å². The van der Waals surface area contributed by atoms with Gasteiger partial charge in [0, 0.05) is 11.3 Å². The first kappa shape index (κ1) is 8.40. The third-order valence-corrected chi connectivity index (χ3v) is 2.25. The number of anilines is 1. The Morgan fingerprint density at radius 1 is 1.64 bits per heavy atom. The summed E-state index contributed by atoms with van der Waals surface area (Å²) >= 11 is 0. The lowest BCUT2D eigenvalue weighted by molar-refractivity contribution is 0.716. The zero-order valence-electron chi connectivity index (χ0n) is 6.42.